The maximum Gasteiger partial charge on any atom is 0.325 e. The smallest absolute Gasteiger partial charge is 0.325 e. The minimum Gasteiger partial charge on any atom is -0.465 e. The maximum atomic E-state index is 12.9. The topological polar surface area (TPSA) is 75.3 Å². The quantitative estimate of drug-likeness (QED) is 0.354. The number of rotatable bonds is 6. The van der Waals surface area contributed by atoms with Crippen molar-refractivity contribution >= 4 is 34.5 Å². The number of aryl methyl sites for hydroxylation is 1. The van der Waals surface area contributed by atoms with E-state index in [9.17, 15) is 14.9 Å². The number of anilines is 1. The van der Waals surface area contributed by atoms with Crippen molar-refractivity contribution in [1.82, 2.24) is 4.57 Å². The number of nitriles is 1. The van der Waals surface area contributed by atoms with Crippen molar-refractivity contribution in [2.45, 2.75) is 20.4 Å². The average molecular weight is 401 g/mol. The molecule has 6 nitrogen and oxygen atoms in total. The summed E-state index contributed by atoms with van der Waals surface area (Å²) in [7, 11) is 1.64. The molecule has 0 N–H and O–H groups in total. The summed E-state index contributed by atoms with van der Waals surface area (Å²) in [6.07, 6.45) is 3.34. The number of likely N-dealkylation sites (N-methyl/N-ethyl adjacent to an activating group) is 1. The second kappa shape index (κ2) is 9.10. The summed E-state index contributed by atoms with van der Waals surface area (Å²) in [4.78, 5) is 26.3. The van der Waals surface area contributed by atoms with Gasteiger partial charge in [0.15, 0.2) is 0 Å². The van der Waals surface area contributed by atoms with Crippen molar-refractivity contribution in [3.05, 3.63) is 71.4 Å². The van der Waals surface area contributed by atoms with Crippen LogP contribution < -0.4 is 4.90 Å². The van der Waals surface area contributed by atoms with Crippen molar-refractivity contribution in [3.8, 4) is 6.07 Å². The summed E-state index contributed by atoms with van der Waals surface area (Å²) < 4.78 is 6.85. The minimum atomic E-state index is -0.401. The number of carbonyl (C=O) groups is 2. The second-order valence-electron chi connectivity index (χ2n) is 6.91. The normalized spacial score (nSPS) is 11.2. The van der Waals surface area contributed by atoms with Crippen molar-refractivity contribution in [2.24, 2.45) is 0 Å². The molecule has 1 aromatic heterocycles. The molecule has 0 aliphatic rings. The van der Waals surface area contributed by atoms with Crippen LogP contribution in [0.2, 0.25) is 0 Å². The Morgan fingerprint density at radius 3 is 2.60 bits per heavy atom. The third kappa shape index (κ3) is 4.41. The predicted molar refractivity (Wildman–Crippen MR) is 117 cm³/mol. The van der Waals surface area contributed by atoms with E-state index in [0.717, 1.165) is 16.5 Å². The number of aromatic nitrogens is 1. The van der Waals surface area contributed by atoms with Crippen LogP contribution in [0.4, 0.5) is 5.69 Å². The van der Waals surface area contributed by atoms with Gasteiger partial charge in [-0.3, -0.25) is 9.59 Å². The molecule has 30 heavy (non-hydrogen) atoms. The number of para-hydroxylation sites is 1. The van der Waals surface area contributed by atoms with E-state index in [4.69, 9.17) is 4.74 Å². The van der Waals surface area contributed by atoms with Crippen molar-refractivity contribution in [3.63, 3.8) is 0 Å². The summed E-state index contributed by atoms with van der Waals surface area (Å²) in [6.45, 7) is 4.10. The Morgan fingerprint density at radius 1 is 1.20 bits per heavy atom. The predicted octanol–water partition coefficient (Wildman–Crippen LogP) is 4.08. The van der Waals surface area contributed by atoms with E-state index in [0.29, 0.717) is 17.9 Å². The summed E-state index contributed by atoms with van der Waals surface area (Å²) in [5.41, 5.74) is 3.29. The average Bonchev–Trinajstić information content (AvgIpc) is 3.07. The number of benzene rings is 2. The van der Waals surface area contributed by atoms with E-state index in [-0.39, 0.29) is 18.1 Å². The monoisotopic (exact) mass is 401 g/mol. The van der Waals surface area contributed by atoms with Crippen LogP contribution in [-0.2, 0) is 20.9 Å². The van der Waals surface area contributed by atoms with E-state index < -0.39 is 5.91 Å². The van der Waals surface area contributed by atoms with Crippen LogP contribution in [0, 0.1) is 18.3 Å². The molecular formula is C24H23N3O3. The highest BCUT2D eigenvalue weighted by molar-refractivity contribution is 6.11. The molecular weight excluding hydrogens is 378 g/mol. The first kappa shape index (κ1) is 20.9. The first-order valence-corrected chi connectivity index (χ1v) is 9.64. The first-order valence-electron chi connectivity index (χ1n) is 9.64. The van der Waals surface area contributed by atoms with E-state index >= 15 is 0 Å². The number of hydrogen-bond acceptors (Lipinski definition) is 4. The molecule has 3 rings (SSSR count). The van der Waals surface area contributed by atoms with Gasteiger partial charge in [-0.25, -0.2) is 0 Å². The molecule has 0 saturated heterocycles. The lowest BCUT2D eigenvalue weighted by Crippen LogP contribution is -2.27. The summed E-state index contributed by atoms with van der Waals surface area (Å²) in [6, 6.07) is 17.0. The van der Waals surface area contributed by atoms with Gasteiger partial charge in [0.2, 0.25) is 0 Å². The first-order chi connectivity index (χ1) is 14.4. The molecule has 0 atom stereocenters. The zero-order chi connectivity index (χ0) is 21.7. The lowest BCUT2D eigenvalue weighted by Gasteiger charge is -2.16. The molecule has 3 aromatic rings. The fourth-order valence-corrected chi connectivity index (χ4v) is 3.27. The molecule has 0 aliphatic heterocycles. The molecule has 0 unspecified atom stereocenters. The highest BCUT2D eigenvalue weighted by Gasteiger charge is 2.18. The van der Waals surface area contributed by atoms with Gasteiger partial charge in [0.1, 0.15) is 18.2 Å². The highest BCUT2D eigenvalue weighted by Crippen LogP contribution is 2.26. The third-order valence-electron chi connectivity index (χ3n) is 4.77. The van der Waals surface area contributed by atoms with E-state index in [1.807, 2.05) is 49.4 Å². The van der Waals surface area contributed by atoms with Gasteiger partial charge in [0.25, 0.3) is 5.91 Å². The van der Waals surface area contributed by atoms with Gasteiger partial charge in [-0.15, -0.1) is 0 Å². The van der Waals surface area contributed by atoms with Gasteiger partial charge in [-0.2, -0.15) is 5.26 Å². The molecule has 0 spiro atoms. The van der Waals surface area contributed by atoms with Gasteiger partial charge < -0.3 is 14.2 Å². The molecule has 0 saturated carbocycles. The van der Waals surface area contributed by atoms with Crippen LogP contribution >= 0.6 is 0 Å². The fourth-order valence-electron chi connectivity index (χ4n) is 3.27. The zero-order valence-corrected chi connectivity index (χ0v) is 17.3. The van der Waals surface area contributed by atoms with Crippen LogP contribution in [0.3, 0.4) is 0 Å². The van der Waals surface area contributed by atoms with E-state index in [1.54, 1.807) is 42.9 Å². The number of amides is 1. The second-order valence-corrected chi connectivity index (χ2v) is 6.91. The lowest BCUT2D eigenvalue weighted by molar-refractivity contribution is -0.143. The largest absolute Gasteiger partial charge is 0.465 e. The van der Waals surface area contributed by atoms with Crippen LogP contribution in [0.5, 0.6) is 0 Å². The summed E-state index contributed by atoms with van der Waals surface area (Å²) in [5, 5.41) is 10.5. The number of ether oxygens (including phenoxy) is 1. The summed E-state index contributed by atoms with van der Waals surface area (Å²) >= 11 is 0. The number of esters is 1. The van der Waals surface area contributed by atoms with Crippen molar-refractivity contribution in [2.75, 3.05) is 18.6 Å². The third-order valence-corrected chi connectivity index (χ3v) is 4.77. The Hall–Kier alpha value is -3.85. The lowest BCUT2D eigenvalue weighted by atomic mass is 10.1. The number of hydrogen-bond donors (Lipinski definition) is 0. The van der Waals surface area contributed by atoms with Crippen LogP contribution in [0.1, 0.15) is 18.1 Å². The number of nitrogens with zero attached hydrogens (tertiary/aromatic N) is 3. The molecule has 1 heterocycles. The van der Waals surface area contributed by atoms with Crippen molar-refractivity contribution < 1.29 is 14.3 Å². The molecule has 0 fully saturated rings. The Balaban J connectivity index is 2.02. The molecule has 0 bridgehead atoms. The van der Waals surface area contributed by atoms with Gasteiger partial charge in [-0.1, -0.05) is 30.3 Å². The fraction of sp³-hybridized carbons (Fsp3) is 0.208. The Bertz CT molecular complexity index is 1150. The van der Waals surface area contributed by atoms with Gasteiger partial charge in [0.05, 0.1) is 6.61 Å². The molecule has 0 aliphatic carbocycles. The zero-order valence-electron chi connectivity index (χ0n) is 17.3. The number of carbonyl (C=O) groups excluding carboxylic acids is 2. The van der Waals surface area contributed by atoms with Gasteiger partial charge >= 0.3 is 5.97 Å². The maximum absolute atomic E-state index is 12.9. The molecule has 6 heteroatoms. The van der Waals surface area contributed by atoms with Gasteiger partial charge in [-0.05, 0) is 43.7 Å². The highest BCUT2D eigenvalue weighted by atomic mass is 16.5. The molecule has 2 aromatic carbocycles. The van der Waals surface area contributed by atoms with Gasteiger partial charge in [0, 0.05) is 35.4 Å². The minimum absolute atomic E-state index is 0.0112. The van der Waals surface area contributed by atoms with Crippen LogP contribution in [0.25, 0.3) is 17.0 Å². The van der Waals surface area contributed by atoms with E-state index in [1.165, 1.54) is 4.90 Å². The Labute approximate surface area is 175 Å². The van der Waals surface area contributed by atoms with E-state index in [2.05, 4.69) is 0 Å². The summed E-state index contributed by atoms with van der Waals surface area (Å²) in [5.74, 6) is -0.742. The Morgan fingerprint density at radius 2 is 1.93 bits per heavy atom. The van der Waals surface area contributed by atoms with Crippen LogP contribution in [0.15, 0.2) is 60.3 Å². The molecule has 0 radical (unpaired) electrons. The van der Waals surface area contributed by atoms with Crippen molar-refractivity contribution in [1.29, 1.82) is 5.26 Å². The Kier molecular flexibility index (Phi) is 6.33. The molecule has 152 valence electrons. The molecule has 1 amide bonds. The van der Waals surface area contributed by atoms with Crippen LogP contribution in [-0.4, -0.2) is 30.1 Å². The standard InChI is InChI=1S/C24H23N3O3/c1-4-30-23(28)16-27-15-19(21-11-10-17(2)12-22(21)27)13-18(14-25)24(29)26(3)20-8-6-5-7-9-20/h5-13,15H,4,16H2,1-3H3/b18-13+. The number of fused-ring (bicyclic) bond motifs is 1. The SMILES string of the molecule is CCOC(=O)Cn1cc(/C=C(\C#N)C(=O)N(C)c2ccccc2)c2ccc(C)cc21.